The lowest BCUT2D eigenvalue weighted by Gasteiger charge is -2.11. The molecule has 1 heterocycles. The number of benzene rings is 1. The SMILES string of the molecule is Cl.NCC(=O)CN1C(=O)c2ccccc2C1=O. The molecule has 0 bridgehead atoms. The first kappa shape index (κ1) is 13.3. The monoisotopic (exact) mass is 254 g/mol. The summed E-state index contributed by atoms with van der Waals surface area (Å²) in [5.41, 5.74) is 5.84. The Morgan fingerprint density at radius 1 is 1.12 bits per heavy atom. The zero-order valence-corrected chi connectivity index (χ0v) is 9.70. The molecule has 5 nitrogen and oxygen atoms in total. The Hall–Kier alpha value is -1.72. The summed E-state index contributed by atoms with van der Waals surface area (Å²) < 4.78 is 0. The second kappa shape index (κ2) is 5.07. The number of Topliss-reactive ketones (excluding diaryl/α,β-unsaturated/α-hetero) is 1. The van der Waals surface area contributed by atoms with E-state index in [9.17, 15) is 14.4 Å². The first-order chi connectivity index (χ1) is 7.65. The Labute approximate surface area is 104 Å². The van der Waals surface area contributed by atoms with Gasteiger partial charge in [-0.25, -0.2) is 0 Å². The molecule has 0 aromatic heterocycles. The van der Waals surface area contributed by atoms with Gasteiger partial charge in [0.2, 0.25) is 0 Å². The van der Waals surface area contributed by atoms with Crippen molar-refractivity contribution < 1.29 is 14.4 Å². The summed E-state index contributed by atoms with van der Waals surface area (Å²) in [7, 11) is 0. The molecule has 0 spiro atoms. The number of rotatable bonds is 3. The van der Waals surface area contributed by atoms with Crippen LogP contribution in [0.4, 0.5) is 0 Å². The van der Waals surface area contributed by atoms with Gasteiger partial charge in [-0.15, -0.1) is 12.4 Å². The van der Waals surface area contributed by atoms with Crippen molar-refractivity contribution in [3.8, 4) is 0 Å². The molecular formula is C11H11ClN2O3. The summed E-state index contributed by atoms with van der Waals surface area (Å²) in [4.78, 5) is 35.6. The maximum atomic E-state index is 11.8. The molecule has 2 amide bonds. The van der Waals surface area contributed by atoms with E-state index < -0.39 is 11.8 Å². The van der Waals surface area contributed by atoms with Crippen LogP contribution in [0.1, 0.15) is 20.7 Å². The lowest BCUT2D eigenvalue weighted by Crippen LogP contribution is -2.37. The van der Waals surface area contributed by atoms with Crippen LogP contribution in [-0.2, 0) is 4.79 Å². The van der Waals surface area contributed by atoms with Crippen LogP contribution in [0.3, 0.4) is 0 Å². The van der Waals surface area contributed by atoms with Crippen LogP contribution in [0.15, 0.2) is 24.3 Å². The van der Waals surface area contributed by atoms with Gasteiger partial charge in [-0.2, -0.15) is 0 Å². The summed E-state index contributed by atoms with van der Waals surface area (Å²) in [6.45, 7) is -0.420. The number of hydrogen-bond donors (Lipinski definition) is 1. The third-order valence-electron chi connectivity index (χ3n) is 2.44. The van der Waals surface area contributed by atoms with Crippen molar-refractivity contribution in [3.63, 3.8) is 0 Å². The summed E-state index contributed by atoms with van der Waals surface area (Å²) in [5.74, 6) is -1.20. The third kappa shape index (κ3) is 2.20. The van der Waals surface area contributed by atoms with Gasteiger partial charge in [0.25, 0.3) is 11.8 Å². The van der Waals surface area contributed by atoms with E-state index in [0.29, 0.717) is 11.1 Å². The van der Waals surface area contributed by atoms with Gasteiger partial charge in [0, 0.05) is 0 Å². The topological polar surface area (TPSA) is 80.5 Å². The Morgan fingerprint density at radius 3 is 2.00 bits per heavy atom. The van der Waals surface area contributed by atoms with Crippen molar-refractivity contribution in [2.75, 3.05) is 13.1 Å². The molecule has 2 N–H and O–H groups in total. The molecule has 1 aliphatic heterocycles. The highest BCUT2D eigenvalue weighted by Crippen LogP contribution is 2.21. The number of carbonyl (C=O) groups excluding carboxylic acids is 3. The zero-order chi connectivity index (χ0) is 11.7. The molecule has 1 aromatic rings. The van der Waals surface area contributed by atoms with Crippen LogP contribution in [0, 0.1) is 0 Å². The number of hydrogen-bond acceptors (Lipinski definition) is 4. The van der Waals surface area contributed by atoms with Crippen molar-refractivity contribution in [2.45, 2.75) is 0 Å². The van der Waals surface area contributed by atoms with Crippen molar-refractivity contribution in [1.82, 2.24) is 4.90 Å². The first-order valence-electron chi connectivity index (χ1n) is 4.82. The zero-order valence-electron chi connectivity index (χ0n) is 8.88. The molecule has 6 heteroatoms. The quantitative estimate of drug-likeness (QED) is 0.783. The van der Waals surface area contributed by atoms with Gasteiger partial charge in [-0.1, -0.05) is 12.1 Å². The first-order valence-corrected chi connectivity index (χ1v) is 4.82. The van der Waals surface area contributed by atoms with Crippen LogP contribution < -0.4 is 5.73 Å². The highest BCUT2D eigenvalue weighted by Gasteiger charge is 2.35. The molecule has 17 heavy (non-hydrogen) atoms. The molecule has 0 unspecified atom stereocenters. The summed E-state index contributed by atoms with van der Waals surface area (Å²) >= 11 is 0. The van der Waals surface area contributed by atoms with Crippen LogP contribution in [-0.4, -0.2) is 35.6 Å². The van der Waals surface area contributed by atoms with Crippen molar-refractivity contribution in [2.24, 2.45) is 5.73 Å². The Balaban J connectivity index is 0.00000144. The minimum Gasteiger partial charge on any atom is -0.324 e. The van der Waals surface area contributed by atoms with Gasteiger partial charge in [0.15, 0.2) is 5.78 Å². The lowest BCUT2D eigenvalue weighted by molar-refractivity contribution is -0.118. The summed E-state index contributed by atoms with van der Waals surface area (Å²) in [5, 5.41) is 0. The molecule has 1 aliphatic rings. The number of nitrogens with zero attached hydrogens (tertiary/aromatic N) is 1. The molecule has 0 saturated carbocycles. The highest BCUT2D eigenvalue weighted by molar-refractivity contribution is 6.22. The number of ketones is 1. The van der Waals surface area contributed by atoms with Gasteiger partial charge < -0.3 is 5.73 Å². The lowest BCUT2D eigenvalue weighted by atomic mass is 10.1. The van der Waals surface area contributed by atoms with E-state index in [1.54, 1.807) is 24.3 Å². The number of carbonyl (C=O) groups is 3. The molecule has 1 aromatic carbocycles. The number of fused-ring (bicyclic) bond motifs is 1. The molecule has 0 radical (unpaired) electrons. The van der Waals surface area contributed by atoms with Crippen molar-refractivity contribution in [3.05, 3.63) is 35.4 Å². The number of amides is 2. The fourth-order valence-corrected chi connectivity index (χ4v) is 1.62. The average molecular weight is 255 g/mol. The molecule has 0 fully saturated rings. The van der Waals surface area contributed by atoms with Gasteiger partial charge in [0.05, 0.1) is 24.2 Å². The molecule has 90 valence electrons. The van der Waals surface area contributed by atoms with Crippen molar-refractivity contribution >= 4 is 30.0 Å². The second-order valence-corrected chi connectivity index (χ2v) is 3.48. The van der Waals surface area contributed by atoms with E-state index in [-0.39, 0.29) is 31.3 Å². The molecule has 0 saturated heterocycles. The number of halogens is 1. The van der Waals surface area contributed by atoms with Gasteiger partial charge in [-0.3, -0.25) is 19.3 Å². The van der Waals surface area contributed by atoms with E-state index >= 15 is 0 Å². The molecule has 2 rings (SSSR count). The van der Waals surface area contributed by atoms with Gasteiger partial charge in [-0.05, 0) is 12.1 Å². The largest absolute Gasteiger partial charge is 0.324 e. The van der Waals surface area contributed by atoms with Crippen LogP contribution in [0.5, 0.6) is 0 Å². The van der Waals surface area contributed by atoms with E-state index in [4.69, 9.17) is 5.73 Å². The van der Waals surface area contributed by atoms with E-state index in [0.717, 1.165) is 4.90 Å². The Morgan fingerprint density at radius 2 is 1.59 bits per heavy atom. The van der Waals surface area contributed by atoms with Gasteiger partial charge in [0.1, 0.15) is 0 Å². The number of imide groups is 1. The average Bonchev–Trinajstić information content (AvgIpc) is 2.55. The second-order valence-electron chi connectivity index (χ2n) is 3.48. The fraction of sp³-hybridized carbons (Fsp3) is 0.182. The highest BCUT2D eigenvalue weighted by atomic mass is 35.5. The molecular weight excluding hydrogens is 244 g/mol. The smallest absolute Gasteiger partial charge is 0.261 e. The predicted molar refractivity (Wildman–Crippen MR) is 63.1 cm³/mol. The van der Waals surface area contributed by atoms with Crippen LogP contribution in [0.2, 0.25) is 0 Å². The normalized spacial score (nSPS) is 13.4. The molecule has 0 atom stereocenters. The summed E-state index contributed by atoms with van der Waals surface area (Å²) in [6, 6.07) is 6.50. The van der Waals surface area contributed by atoms with Crippen molar-refractivity contribution in [1.29, 1.82) is 0 Å². The van der Waals surface area contributed by atoms with E-state index in [1.807, 2.05) is 0 Å². The number of nitrogens with two attached hydrogens (primary N) is 1. The third-order valence-corrected chi connectivity index (χ3v) is 2.44. The maximum absolute atomic E-state index is 11.8. The minimum absolute atomic E-state index is 0. The Bertz CT molecular complexity index is 452. The van der Waals surface area contributed by atoms with E-state index in [1.165, 1.54) is 0 Å². The maximum Gasteiger partial charge on any atom is 0.261 e. The van der Waals surface area contributed by atoms with Gasteiger partial charge >= 0.3 is 0 Å². The fourth-order valence-electron chi connectivity index (χ4n) is 1.62. The van der Waals surface area contributed by atoms with Crippen LogP contribution in [0.25, 0.3) is 0 Å². The molecule has 0 aliphatic carbocycles. The Kier molecular flexibility index (Phi) is 3.98. The summed E-state index contributed by atoms with van der Waals surface area (Å²) in [6.07, 6.45) is 0. The standard InChI is InChI=1S/C11H10N2O3.ClH/c12-5-7(14)6-13-10(15)8-3-1-2-4-9(8)11(13)16;/h1-4H,5-6,12H2;1H. The van der Waals surface area contributed by atoms with Crippen LogP contribution >= 0.6 is 12.4 Å². The van der Waals surface area contributed by atoms with E-state index in [2.05, 4.69) is 0 Å². The predicted octanol–water partition coefficient (Wildman–Crippen LogP) is 0.232. The minimum atomic E-state index is -0.428.